The van der Waals surface area contributed by atoms with Gasteiger partial charge in [-0.2, -0.15) is 13.2 Å². The average Bonchev–Trinajstić information content (AvgIpc) is 3.17. The average molecular weight is 532 g/mol. The second-order valence-corrected chi connectivity index (χ2v) is 10.4. The number of hydrogen-bond donors (Lipinski definition) is 1. The second kappa shape index (κ2) is 11.0. The molecule has 3 aromatic rings. The number of methoxy groups -OCH3 is 1. The highest BCUT2D eigenvalue weighted by Crippen LogP contribution is 2.37. The molecule has 1 aliphatic heterocycles. The molecule has 1 N–H and O–H groups in total. The minimum atomic E-state index is -4.23. The van der Waals surface area contributed by atoms with Crippen LogP contribution in [0.15, 0.2) is 35.1 Å². The maximum atomic E-state index is 13.6. The number of carbonyl (C=O) groups excluding carboxylic acids is 1. The summed E-state index contributed by atoms with van der Waals surface area (Å²) < 4.78 is 47.2. The number of benzene rings is 1. The maximum absolute atomic E-state index is 13.6. The molecule has 2 atom stereocenters. The molecule has 4 rings (SSSR count). The van der Waals surface area contributed by atoms with Gasteiger partial charge in [0.1, 0.15) is 11.8 Å². The molecule has 0 saturated carbocycles. The maximum Gasteiger partial charge on any atom is 0.403 e. The number of nitrogens with zero attached hydrogens (tertiary/aromatic N) is 2. The van der Waals surface area contributed by atoms with Crippen LogP contribution in [0.5, 0.6) is 5.75 Å². The van der Waals surface area contributed by atoms with E-state index in [1.165, 1.54) is 18.9 Å². The van der Waals surface area contributed by atoms with Gasteiger partial charge in [0, 0.05) is 40.3 Å². The minimum absolute atomic E-state index is 0.0184. The number of piperidine rings is 1. The summed E-state index contributed by atoms with van der Waals surface area (Å²) in [4.78, 5) is 30.4. The monoisotopic (exact) mass is 531 g/mol. The molecule has 3 heterocycles. The first kappa shape index (κ1) is 28.0. The molecule has 0 amide bonds. The quantitative estimate of drug-likeness (QED) is 0.363. The van der Waals surface area contributed by atoms with E-state index >= 15 is 0 Å². The molecule has 2 aromatic heterocycles. The molecule has 0 radical (unpaired) electrons. The van der Waals surface area contributed by atoms with Gasteiger partial charge in [-0.25, -0.2) is 0 Å². The van der Waals surface area contributed by atoms with Crippen molar-refractivity contribution in [2.75, 3.05) is 20.2 Å². The van der Waals surface area contributed by atoms with Gasteiger partial charge in [-0.3, -0.25) is 14.5 Å². The zero-order valence-electron chi connectivity index (χ0n) is 22.6. The lowest BCUT2D eigenvalue weighted by Crippen LogP contribution is -2.48. The molecule has 206 valence electrons. The third-order valence-corrected chi connectivity index (χ3v) is 8.17. The van der Waals surface area contributed by atoms with Crippen LogP contribution in [0.4, 0.5) is 13.2 Å². The number of H-pyrrole nitrogens is 1. The normalized spacial score (nSPS) is 17.1. The fourth-order valence-corrected chi connectivity index (χ4v) is 5.94. The lowest BCUT2D eigenvalue weighted by molar-refractivity contribution is -0.182. The summed E-state index contributed by atoms with van der Waals surface area (Å²) in [6, 6.07) is 8.08. The topological polar surface area (TPSA) is 67.3 Å². The van der Waals surface area contributed by atoms with E-state index in [1.54, 1.807) is 13.0 Å². The third kappa shape index (κ3) is 5.39. The van der Waals surface area contributed by atoms with E-state index in [0.29, 0.717) is 48.5 Å². The summed E-state index contributed by atoms with van der Waals surface area (Å²) in [7, 11) is 1.51. The Balaban J connectivity index is 1.58. The first-order valence-electron chi connectivity index (χ1n) is 13.1. The summed E-state index contributed by atoms with van der Waals surface area (Å²) in [5.41, 5.74) is 3.30. The molecular formula is C29H36F3N3O3. The van der Waals surface area contributed by atoms with E-state index < -0.39 is 12.2 Å². The summed E-state index contributed by atoms with van der Waals surface area (Å²) >= 11 is 0. The molecule has 0 aliphatic carbocycles. The smallest absolute Gasteiger partial charge is 0.403 e. The Kier molecular flexibility index (Phi) is 8.06. The zero-order chi connectivity index (χ0) is 27.8. The highest BCUT2D eigenvalue weighted by molar-refractivity contribution is 6.09. The van der Waals surface area contributed by atoms with Gasteiger partial charge in [0.25, 0.3) is 5.56 Å². The van der Waals surface area contributed by atoms with Crippen LogP contribution >= 0.6 is 0 Å². The van der Waals surface area contributed by atoms with Crippen LogP contribution in [-0.2, 0) is 6.42 Å². The fourth-order valence-electron chi connectivity index (χ4n) is 5.94. The van der Waals surface area contributed by atoms with E-state index in [9.17, 15) is 22.8 Å². The van der Waals surface area contributed by atoms with E-state index in [0.717, 1.165) is 16.6 Å². The van der Waals surface area contributed by atoms with Crippen molar-refractivity contribution in [2.45, 2.75) is 71.6 Å². The summed E-state index contributed by atoms with van der Waals surface area (Å²) in [6.45, 7) is 7.82. The highest BCUT2D eigenvalue weighted by atomic mass is 19.4. The number of aromatic nitrogens is 2. The first-order chi connectivity index (χ1) is 17.9. The van der Waals surface area contributed by atoms with Gasteiger partial charge in [0.2, 0.25) is 0 Å². The van der Waals surface area contributed by atoms with Crippen LogP contribution < -0.4 is 10.3 Å². The van der Waals surface area contributed by atoms with Crippen LogP contribution in [0.1, 0.15) is 66.5 Å². The first-order valence-corrected chi connectivity index (χ1v) is 13.1. The molecule has 1 unspecified atom stereocenters. The number of alkyl halides is 3. The van der Waals surface area contributed by atoms with E-state index in [1.807, 2.05) is 31.2 Å². The van der Waals surface area contributed by atoms with Crippen LogP contribution in [0.25, 0.3) is 10.9 Å². The largest absolute Gasteiger partial charge is 0.496 e. The number of halogens is 3. The number of ketones is 1. The number of fused-ring (bicyclic) bond motifs is 1. The summed E-state index contributed by atoms with van der Waals surface area (Å²) in [5, 5.41) is 0.856. The van der Waals surface area contributed by atoms with Gasteiger partial charge >= 0.3 is 6.18 Å². The van der Waals surface area contributed by atoms with E-state index in [4.69, 9.17) is 4.74 Å². The summed E-state index contributed by atoms with van der Waals surface area (Å²) in [6.07, 6.45) is -2.50. The van der Waals surface area contributed by atoms with Crippen molar-refractivity contribution in [3.8, 4) is 5.75 Å². The Bertz CT molecular complexity index is 1370. The second-order valence-electron chi connectivity index (χ2n) is 10.4. The highest BCUT2D eigenvalue weighted by Gasteiger charge is 2.41. The van der Waals surface area contributed by atoms with Crippen molar-refractivity contribution >= 4 is 16.7 Å². The third-order valence-electron chi connectivity index (χ3n) is 8.17. The fraction of sp³-hybridized carbons (Fsp3) is 0.517. The molecule has 0 bridgehead atoms. The van der Waals surface area contributed by atoms with Gasteiger partial charge in [-0.1, -0.05) is 18.2 Å². The van der Waals surface area contributed by atoms with Gasteiger partial charge in [0.15, 0.2) is 5.78 Å². The number of rotatable bonds is 8. The summed E-state index contributed by atoms with van der Waals surface area (Å²) in [5.74, 6) is 0.609. The van der Waals surface area contributed by atoms with Crippen LogP contribution in [0, 0.1) is 19.8 Å². The van der Waals surface area contributed by atoms with Crippen molar-refractivity contribution in [2.24, 2.45) is 5.92 Å². The SMILES string of the molecule is COc1cc(C)[nH]c(=O)c1CCC(=O)c1c(C)n([C@H](C)C2CCN(C(C)C(F)(F)F)CC2)c2ccccc12. The molecule has 1 aliphatic rings. The van der Waals surface area contributed by atoms with Crippen LogP contribution in [0.3, 0.4) is 0 Å². The van der Waals surface area contributed by atoms with Gasteiger partial charge in [-0.15, -0.1) is 0 Å². The van der Waals surface area contributed by atoms with Crippen molar-refractivity contribution in [1.82, 2.24) is 14.5 Å². The number of pyridine rings is 1. The van der Waals surface area contributed by atoms with Crippen molar-refractivity contribution in [3.05, 3.63) is 63.2 Å². The number of nitrogens with one attached hydrogen (secondary N) is 1. The van der Waals surface area contributed by atoms with Crippen molar-refractivity contribution < 1.29 is 22.7 Å². The van der Waals surface area contributed by atoms with Crippen molar-refractivity contribution in [3.63, 3.8) is 0 Å². The Morgan fingerprint density at radius 3 is 2.45 bits per heavy atom. The molecule has 38 heavy (non-hydrogen) atoms. The van der Waals surface area contributed by atoms with Crippen LogP contribution in [0.2, 0.25) is 0 Å². The number of aryl methyl sites for hydroxylation is 1. The van der Waals surface area contributed by atoms with E-state index in [2.05, 4.69) is 16.5 Å². The molecular weight excluding hydrogens is 495 g/mol. The Hall–Kier alpha value is -3.07. The molecule has 1 aromatic carbocycles. The number of Topliss-reactive ketones (excluding diaryl/α,β-unsaturated/α-hetero) is 1. The number of para-hydroxylation sites is 1. The van der Waals surface area contributed by atoms with Crippen LogP contribution in [-0.4, -0.2) is 52.7 Å². The lowest BCUT2D eigenvalue weighted by atomic mass is 9.89. The van der Waals surface area contributed by atoms with Gasteiger partial charge in [-0.05, 0) is 78.1 Å². The predicted molar refractivity (Wildman–Crippen MR) is 142 cm³/mol. The van der Waals surface area contributed by atoms with Crippen molar-refractivity contribution in [1.29, 1.82) is 0 Å². The molecule has 1 saturated heterocycles. The standard InChI is InChI=1S/C29H36F3N3O3/c1-17-16-26(38-5)23(28(37)33-17)10-11-25(36)27-19(3)35(24-9-7-6-8-22(24)27)18(2)21-12-14-34(15-13-21)20(4)29(30,31)32/h6-9,16,18,20-21H,10-15H2,1-5H3,(H,33,37)/t18-,20?/m1/s1. The number of carbonyl (C=O) groups is 1. The van der Waals surface area contributed by atoms with E-state index in [-0.39, 0.29) is 36.1 Å². The predicted octanol–water partition coefficient (Wildman–Crippen LogP) is 5.99. The lowest BCUT2D eigenvalue weighted by Gasteiger charge is -2.39. The molecule has 9 heteroatoms. The van der Waals surface area contributed by atoms with Gasteiger partial charge in [0.05, 0.1) is 12.7 Å². The zero-order valence-corrected chi connectivity index (χ0v) is 22.6. The Labute approximate surface area is 220 Å². The molecule has 6 nitrogen and oxygen atoms in total. The number of likely N-dealkylation sites (tertiary alicyclic amines) is 1. The Morgan fingerprint density at radius 1 is 1.16 bits per heavy atom. The number of hydrogen-bond acceptors (Lipinski definition) is 4. The molecule has 0 spiro atoms. The minimum Gasteiger partial charge on any atom is -0.496 e. The van der Waals surface area contributed by atoms with Gasteiger partial charge < -0.3 is 14.3 Å². The number of ether oxygens (including phenoxy) is 1. The Morgan fingerprint density at radius 2 is 1.82 bits per heavy atom. The number of aromatic amines is 1. The molecule has 1 fully saturated rings.